The Balaban J connectivity index is 1.85. The minimum atomic E-state index is -4.28. The lowest BCUT2D eigenvalue weighted by atomic mass is 10.0. The maximum Gasteiger partial charge on any atom is 0.416 e. The molecule has 0 amide bonds. The van der Waals surface area contributed by atoms with Gasteiger partial charge < -0.3 is 4.57 Å². The first-order valence-corrected chi connectivity index (χ1v) is 7.86. The third kappa shape index (κ3) is 2.06. The van der Waals surface area contributed by atoms with Crippen LogP contribution in [-0.4, -0.2) is 28.6 Å². The number of hydrogen-bond donors (Lipinski definition) is 0. The molecular weight excluding hydrogens is 289 g/mol. The molecule has 0 aliphatic carbocycles. The largest absolute Gasteiger partial charge is 0.416 e. The number of aryl methyl sites for hydroxylation is 1. The zero-order chi connectivity index (χ0) is 15.5. The Morgan fingerprint density at radius 1 is 1.18 bits per heavy atom. The number of fused-ring (bicyclic) bond motifs is 4. The van der Waals surface area contributed by atoms with Gasteiger partial charge in [-0.1, -0.05) is 6.07 Å². The minimum Gasteiger partial charge on any atom is -0.347 e. The lowest BCUT2D eigenvalue weighted by Crippen LogP contribution is -2.31. The number of halogens is 3. The van der Waals surface area contributed by atoms with Gasteiger partial charge in [0.15, 0.2) is 0 Å². The summed E-state index contributed by atoms with van der Waals surface area (Å²) in [5.41, 5.74) is 2.63. The van der Waals surface area contributed by atoms with Crippen LogP contribution < -0.4 is 0 Å². The average Bonchev–Trinajstić information content (AvgIpc) is 2.96. The van der Waals surface area contributed by atoms with E-state index in [1.54, 1.807) is 6.07 Å². The van der Waals surface area contributed by atoms with Gasteiger partial charge in [-0.05, 0) is 43.5 Å². The molecule has 0 radical (unpaired) electrons. The van der Waals surface area contributed by atoms with Crippen LogP contribution in [-0.2, 0) is 26.1 Å². The molecule has 0 N–H and O–H groups in total. The predicted molar refractivity (Wildman–Crippen MR) is 79.9 cm³/mol. The third-order valence-electron chi connectivity index (χ3n) is 5.34. The summed E-state index contributed by atoms with van der Waals surface area (Å²) in [4.78, 5) is 2.54. The van der Waals surface area contributed by atoms with Gasteiger partial charge in [-0.25, -0.2) is 0 Å². The Morgan fingerprint density at radius 2 is 2.00 bits per heavy atom. The molecule has 118 valence electrons. The Bertz CT molecular complexity index is 730. The lowest BCUT2D eigenvalue weighted by molar-refractivity contribution is -0.137. The fourth-order valence-corrected chi connectivity index (χ4v) is 4.18. The summed E-state index contributed by atoms with van der Waals surface area (Å²) in [6, 6.07) is 4.74. The van der Waals surface area contributed by atoms with E-state index < -0.39 is 11.7 Å². The summed E-state index contributed by atoms with van der Waals surface area (Å²) in [6.45, 7) is 2.19. The summed E-state index contributed by atoms with van der Waals surface area (Å²) in [5.74, 6) is 0. The van der Waals surface area contributed by atoms with Gasteiger partial charge in [0, 0.05) is 42.7 Å². The molecule has 1 unspecified atom stereocenters. The van der Waals surface area contributed by atoms with E-state index in [2.05, 4.69) is 4.90 Å². The van der Waals surface area contributed by atoms with Crippen molar-refractivity contribution in [2.75, 3.05) is 13.1 Å². The monoisotopic (exact) mass is 308 g/mol. The van der Waals surface area contributed by atoms with E-state index in [0.717, 1.165) is 31.3 Å². The van der Waals surface area contributed by atoms with E-state index in [-0.39, 0.29) is 0 Å². The first-order valence-electron chi connectivity index (χ1n) is 7.86. The molecule has 1 saturated heterocycles. The van der Waals surface area contributed by atoms with Crippen LogP contribution in [0.4, 0.5) is 13.2 Å². The molecule has 2 aromatic rings. The van der Waals surface area contributed by atoms with E-state index >= 15 is 0 Å². The summed E-state index contributed by atoms with van der Waals surface area (Å²) in [5, 5.41) is 0.992. The van der Waals surface area contributed by atoms with Crippen molar-refractivity contribution < 1.29 is 13.2 Å². The molecule has 0 saturated carbocycles. The van der Waals surface area contributed by atoms with Crippen LogP contribution >= 0.6 is 0 Å². The normalized spacial score (nSPS) is 22.6. The highest BCUT2D eigenvalue weighted by Gasteiger charge is 2.33. The van der Waals surface area contributed by atoms with Crippen LogP contribution in [0.25, 0.3) is 10.9 Å². The van der Waals surface area contributed by atoms with Gasteiger partial charge in [-0.15, -0.1) is 0 Å². The van der Waals surface area contributed by atoms with Gasteiger partial charge in [0.2, 0.25) is 0 Å². The van der Waals surface area contributed by atoms with Crippen molar-refractivity contribution in [3.05, 3.63) is 35.0 Å². The fraction of sp³-hybridized carbons (Fsp3) is 0.529. The van der Waals surface area contributed by atoms with E-state index in [9.17, 15) is 13.2 Å². The number of nitrogens with zero attached hydrogens (tertiary/aromatic N) is 2. The molecule has 0 spiro atoms. The van der Waals surface area contributed by atoms with Gasteiger partial charge in [0.25, 0.3) is 0 Å². The first-order chi connectivity index (χ1) is 10.4. The van der Waals surface area contributed by atoms with E-state index in [1.165, 1.54) is 36.2 Å². The second kappa shape index (κ2) is 4.75. The van der Waals surface area contributed by atoms with Crippen molar-refractivity contribution in [2.45, 2.75) is 37.9 Å². The number of benzene rings is 1. The smallest absolute Gasteiger partial charge is 0.347 e. The third-order valence-corrected chi connectivity index (χ3v) is 5.34. The highest BCUT2D eigenvalue weighted by molar-refractivity contribution is 5.86. The van der Waals surface area contributed by atoms with Gasteiger partial charge in [0.05, 0.1) is 5.56 Å². The van der Waals surface area contributed by atoms with Gasteiger partial charge >= 0.3 is 6.18 Å². The molecule has 5 heteroatoms. The molecule has 3 heterocycles. The van der Waals surface area contributed by atoms with Crippen LogP contribution in [0, 0.1) is 0 Å². The van der Waals surface area contributed by atoms with Crippen molar-refractivity contribution in [1.82, 2.24) is 9.47 Å². The molecule has 22 heavy (non-hydrogen) atoms. The maximum atomic E-state index is 13.0. The second-order valence-electron chi connectivity index (χ2n) is 6.50. The molecule has 4 rings (SSSR count). The Kier molecular flexibility index (Phi) is 3.05. The highest BCUT2D eigenvalue weighted by Crippen LogP contribution is 2.36. The molecule has 0 bridgehead atoms. The minimum absolute atomic E-state index is 0.557. The molecule has 2 aliphatic rings. The van der Waals surface area contributed by atoms with Crippen molar-refractivity contribution in [3.8, 4) is 0 Å². The molecule has 1 atom stereocenters. The van der Waals surface area contributed by atoms with E-state index in [1.807, 2.05) is 11.6 Å². The predicted octanol–water partition coefficient (Wildman–Crippen LogP) is 3.76. The summed E-state index contributed by atoms with van der Waals surface area (Å²) < 4.78 is 40.9. The maximum absolute atomic E-state index is 13.0. The lowest BCUT2D eigenvalue weighted by Gasteiger charge is -2.21. The SMILES string of the molecule is Cn1c2c(c3ccc(C(F)(F)F)cc31)CCN1CCCC1C2. The summed E-state index contributed by atoms with van der Waals surface area (Å²) in [6.07, 6.45) is 0.0610. The summed E-state index contributed by atoms with van der Waals surface area (Å²) in [7, 11) is 1.91. The van der Waals surface area contributed by atoms with E-state index in [0.29, 0.717) is 11.6 Å². The number of aromatic nitrogens is 1. The van der Waals surface area contributed by atoms with Crippen LogP contribution in [0.2, 0.25) is 0 Å². The first kappa shape index (κ1) is 14.1. The van der Waals surface area contributed by atoms with Crippen molar-refractivity contribution in [1.29, 1.82) is 0 Å². The summed E-state index contributed by atoms with van der Waals surface area (Å²) >= 11 is 0. The fourth-order valence-electron chi connectivity index (χ4n) is 4.18. The van der Waals surface area contributed by atoms with Gasteiger partial charge in [0.1, 0.15) is 0 Å². The molecule has 1 aromatic heterocycles. The van der Waals surface area contributed by atoms with Crippen LogP contribution in [0.5, 0.6) is 0 Å². The highest BCUT2D eigenvalue weighted by atomic mass is 19.4. The van der Waals surface area contributed by atoms with Crippen LogP contribution in [0.1, 0.15) is 29.7 Å². The average molecular weight is 308 g/mol. The zero-order valence-electron chi connectivity index (χ0n) is 12.6. The molecule has 1 aromatic carbocycles. The molecule has 2 nitrogen and oxygen atoms in total. The number of alkyl halides is 3. The number of rotatable bonds is 0. The molecule has 2 aliphatic heterocycles. The molecule has 1 fully saturated rings. The topological polar surface area (TPSA) is 8.17 Å². The van der Waals surface area contributed by atoms with Crippen molar-refractivity contribution in [3.63, 3.8) is 0 Å². The molecular formula is C17H19F3N2. The standard InChI is InChI=1S/C17H19F3N2/c1-21-15-9-11(17(18,19)20)4-5-13(15)14-6-8-22-7-2-3-12(22)10-16(14)21/h4-5,9,12H,2-3,6-8,10H2,1H3. The Hall–Kier alpha value is -1.49. The number of hydrogen-bond acceptors (Lipinski definition) is 1. The Morgan fingerprint density at radius 3 is 2.77 bits per heavy atom. The van der Waals surface area contributed by atoms with Crippen molar-refractivity contribution in [2.24, 2.45) is 7.05 Å². The quantitative estimate of drug-likeness (QED) is 0.719. The van der Waals surface area contributed by atoms with Gasteiger partial charge in [-0.3, -0.25) is 4.90 Å². The van der Waals surface area contributed by atoms with Crippen LogP contribution in [0.15, 0.2) is 18.2 Å². The second-order valence-corrected chi connectivity index (χ2v) is 6.50. The van der Waals surface area contributed by atoms with Gasteiger partial charge in [-0.2, -0.15) is 13.2 Å². The Labute approximate surface area is 127 Å². The zero-order valence-corrected chi connectivity index (χ0v) is 12.6. The van der Waals surface area contributed by atoms with Crippen LogP contribution in [0.3, 0.4) is 0 Å². The van der Waals surface area contributed by atoms with E-state index in [4.69, 9.17) is 0 Å². The van der Waals surface area contributed by atoms with Crippen molar-refractivity contribution >= 4 is 10.9 Å².